The lowest BCUT2D eigenvalue weighted by molar-refractivity contribution is 0.357. The predicted molar refractivity (Wildman–Crippen MR) is 85.4 cm³/mol. The molecular formula is C16H22N4O. The van der Waals surface area contributed by atoms with E-state index in [0.717, 1.165) is 44.1 Å². The van der Waals surface area contributed by atoms with Gasteiger partial charge in [0.15, 0.2) is 0 Å². The third-order valence-electron chi connectivity index (χ3n) is 3.79. The van der Waals surface area contributed by atoms with Crippen molar-refractivity contribution in [3.05, 3.63) is 29.3 Å². The number of amidine groups is 2. The third kappa shape index (κ3) is 3.54. The molecule has 1 atom stereocenters. The van der Waals surface area contributed by atoms with Crippen LogP contribution in [0.25, 0.3) is 0 Å². The van der Waals surface area contributed by atoms with Gasteiger partial charge in [-0.3, -0.25) is 9.98 Å². The van der Waals surface area contributed by atoms with Crippen molar-refractivity contribution in [2.75, 3.05) is 19.7 Å². The number of nitrogens with zero attached hydrogens (tertiary/aromatic N) is 2. The highest BCUT2D eigenvalue weighted by atomic mass is 16.5. The fraction of sp³-hybridized carbons (Fsp3) is 0.500. The van der Waals surface area contributed by atoms with Gasteiger partial charge in [-0.15, -0.1) is 0 Å². The summed E-state index contributed by atoms with van der Waals surface area (Å²) in [5.41, 5.74) is 8.48. The van der Waals surface area contributed by atoms with Crippen LogP contribution in [0, 0.1) is 0 Å². The molecule has 21 heavy (non-hydrogen) atoms. The molecular weight excluding hydrogens is 264 g/mol. The molecule has 0 saturated carbocycles. The lowest BCUT2D eigenvalue weighted by Crippen LogP contribution is -2.34. The Kier molecular flexibility index (Phi) is 4.08. The molecule has 0 aliphatic carbocycles. The Balaban J connectivity index is 1.60. The molecule has 5 nitrogen and oxygen atoms in total. The van der Waals surface area contributed by atoms with Crippen LogP contribution in [0.5, 0.6) is 5.75 Å². The van der Waals surface area contributed by atoms with Crippen LogP contribution in [0.4, 0.5) is 0 Å². The molecule has 2 aliphatic rings. The van der Waals surface area contributed by atoms with Gasteiger partial charge in [0.1, 0.15) is 17.4 Å². The summed E-state index contributed by atoms with van der Waals surface area (Å²) >= 11 is 0. The molecule has 2 aliphatic heterocycles. The number of nitrogens with two attached hydrogens (primary N) is 1. The highest BCUT2D eigenvalue weighted by Gasteiger charge is 2.13. The molecule has 3 rings (SSSR count). The summed E-state index contributed by atoms with van der Waals surface area (Å²) in [6.45, 7) is 4.39. The molecule has 0 aromatic heterocycles. The quantitative estimate of drug-likeness (QED) is 0.880. The van der Waals surface area contributed by atoms with Crippen LogP contribution in [0.2, 0.25) is 0 Å². The molecule has 5 heteroatoms. The molecule has 0 fully saturated rings. The van der Waals surface area contributed by atoms with Gasteiger partial charge in [-0.05, 0) is 30.5 Å². The van der Waals surface area contributed by atoms with Gasteiger partial charge in [0.2, 0.25) is 0 Å². The maximum absolute atomic E-state index is 5.85. The highest BCUT2D eigenvalue weighted by molar-refractivity contribution is 6.02. The zero-order valence-corrected chi connectivity index (χ0v) is 12.4. The first kappa shape index (κ1) is 13.9. The van der Waals surface area contributed by atoms with E-state index in [0.29, 0.717) is 18.3 Å². The zero-order chi connectivity index (χ0) is 14.7. The van der Waals surface area contributed by atoms with E-state index in [2.05, 4.69) is 40.4 Å². The number of ether oxygens (including phenoxy) is 1. The molecule has 1 unspecified atom stereocenters. The standard InChI is InChI=1S/C16H22N4O/c1-11-10-19-15(17)9-16(20-11)18-6-4-12-2-3-14-13(8-12)5-7-21-14/h2-3,8,11H,4-7,9-10H2,1H3,(H2,17,19)(H,18,20). The van der Waals surface area contributed by atoms with Crippen molar-refractivity contribution >= 4 is 11.7 Å². The molecule has 3 N–H and O–H groups in total. The Morgan fingerprint density at radius 1 is 1.48 bits per heavy atom. The Bertz CT molecular complexity index is 580. The van der Waals surface area contributed by atoms with E-state index < -0.39 is 0 Å². The van der Waals surface area contributed by atoms with Crippen LogP contribution in [0.3, 0.4) is 0 Å². The summed E-state index contributed by atoms with van der Waals surface area (Å²) in [4.78, 5) is 8.94. The summed E-state index contributed by atoms with van der Waals surface area (Å²) < 4.78 is 5.53. The van der Waals surface area contributed by atoms with Crippen molar-refractivity contribution in [2.45, 2.75) is 32.2 Å². The minimum absolute atomic E-state index is 0.293. The number of fused-ring (bicyclic) bond motifs is 1. The Labute approximate surface area is 125 Å². The van der Waals surface area contributed by atoms with Crippen molar-refractivity contribution in [1.29, 1.82) is 0 Å². The number of aliphatic imine (C=N–C) groups is 2. The monoisotopic (exact) mass is 286 g/mol. The molecule has 1 aromatic rings. The second kappa shape index (κ2) is 6.16. The maximum Gasteiger partial charge on any atom is 0.122 e. The fourth-order valence-corrected chi connectivity index (χ4v) is 2.68. The maximum atomic E-state index is 5.85. The van der Waals surface area contributed by atoms with E-state index in [1.165, 1.54) is 11.1 Å². The van der Waals surface area contributed by atoms with Crippen LogP contribution in [0.1, 0.15) is 24.5 Å². The van der Waals surface area contributed by atoms with Crippen molar-refractivity contribution in [3.63, 3.8) is 0 Å². The van der Waals surface area contributed by atoms with Gasteiger partial charge in [0.05, 0.1) is 19.6 Å². The van der Waals surface area contributed by atoms with Crippen LogP contribution in [-0.4, -0.2) is 37.4 Å². The smallest absolute Gasteiger partial charge is 0.122 e. The van der Waals surface area contributed by atoms with E-state index in [1.54, 1.807) is 0 Å². The molecule has 1 aromatic carbocycles. The lowest BCUT2D eigenvalue weighted by Gasteiger charge is -2.11. The molecule has 0 bridgehead atoms. The summed E-state index contributed by atoms with van der Waals surface area (Å²) in [5.74, 6) is 2.65. The zero-order valence-electron chi connectivity index (χ0n) is 12.4. The predicted octanol–water partition coefficient (Wildman–Crippen LogP) is 1.30. The molecule has 2 heterocycles. The van der Waals surface area contributed by atoms with Gasteiger partial charge in [-0.25, -0.2) is 0 Å². The Morgan fingerprint density at radius 3 is 3.29 bits per heavy atom. The van der Waals surface area contributed by atoms with Crippen LogP contribution >= 0.6 is 0 Å². The van der Waals surface area contributed by atoms with Gasteiger partial charge in [0.25, 0.3) is 0 Å². The number of rotatable bonds is 3. The normalized spacial score (nSPS) is 23.0. The first-order chi connectivity index (χ1) is 10.2. The molecule has 112 valence electrons. The second-order valence-electron chi connectivity index (χ2n) is 5.67. The van der Waals surface area contributed by atoms with Gasteiger partial charge in [-0.2, -0.15) is 0 Å². The minimum atomic E-state index is 0.293. The molecule has 0 spiro atoms. The molecule has 0 radical (unpaired) electrons. The summed E-state index contributed by atoms with van der Waals surface area (Å²) in [5, 5.41) is 3.37. The SMILES string of the molecule is CC1CN=C(N)CC(=NCCc2ccc3c(c2)CCO3)N1. The summed E-state index contributed by atoms with van der Waals surface area (Å²) in [6.07, 6.45) is 2.58. The Morgan fingerprint density at radius 2 is 2.38 bits per heavy atom. The topological polar surface area (TPSA) is 72.0 Å². The van der Waals surface area contributed by atoms with Crippen LogP contribution < -0.4 is 15.8 Å². The van der Waals surface area contributed by atoms with E-state index in [4.69, 9.17) is 10.5 Å². The first-order valence-corrected chi connectivity index (χ1v) is 7.54. The van der Waals surface area contributed by atoms with Gasteiger partial charge in [0, 0.05) is 19.0 Å². The molecule has 0 amide bonds. The van der Waals surface area contributed by atoms with Gasteiger partial charge in [-0.1, -0.05) is 12.1 Å². The largest absolute Gasteiger partial charge is 0.493 e. The van der Waals surface area contributed by atoms with Crippen molar-refractivity contribution < 1.29 is 4.74 Å². The van der Waals surface area contributed by atoms with Gasteiger partial charge < -0.3 is 15.8 Å². The third-order valence-corrected chi connectivity index (χ3v) is 3.79. The molecule has 0 saturated heterocycles. The van der Waals surface area contributed by atoms with E-state index >= 15 is 0 Å². The Hall–Kier alpha value is -2.04. The average Bonchev–Trinajstić information content (AvgIpc) is 2.86. The van der Waals surface area contributed by atoms with E-state index in [-0.39, 0.29) is 0 Å². The average molecular weight is 286 g/mol. The number of hydrogen-bond donors (Lipinski definition) is 2. The van der Waals surface area contributed by atoms with Crippen molar-refractivity contribution in [2.24, 2.45) is 15.7 Å². The number of nitrogens with one attached hydrogen (secondary N) is 1. The van der Waals surface area contributed by atoms with E-state index in [1.807, 2.05) is 0 Å². The number of hydrogen-bond acceptors (Lipinski definition) is 4. The summed E-state index contributed by atoms with van der Waals surface area (Å²) in [7, 11) is 0. The lowest BCUT2D eigenvalue weighted by atomic mass is 10.1. The van der Waals surface area contributed by atoms with E-state index in [9.17, 15) is 0 Å². The van der Waals surface area contributed by atoms with Crippen molar-refractivity contribution in [1.82, 2.24) is 5.32 Å². The number of benzene rings is 1. The van der Waals surface area contributed by atoms with Crippen LogP contribution in [-0.2, 0) is 12.8 Å². The fourth-order valence-electron chi connectivity index (χ4n) is 2.68. The minimum Gasteiger partial charge on any atom is -0.493 e. The highest BCUT2D eigenvalue weighted by Crippen LogP contribution is 2.25. The first-order valence-electron chi connectivity index (χ1n) is 7.54. The summed E-state index contributed by atoms with van der Waals surface area (Å²) in [6, 6.07) is 6.73. The van der Waals surface area contributed by atoms with Crippen molar-refractivity contribution in [3.8, 4) is 5.75 Å². The van der Waals surface area contributed by atoms with Gasteiger partial charge >= 0.3 is 0 Å². The second-order valence-corrected chi connectivity index (χ2v) is 5.67. The van der Waals surface area contributed by atoms with Crippen LogP contribution in [0.15, 0.2) is 28.2 Å².